The molecule has 1 amide bonds. The zero-order valence-corrected chi connectivity index (χ0v) is 8.65. The van der Waals surface area contributed by atoms with Gasteiger partial charge in [0.05, 0.1) is 11.8 Å². The smallest absolute Gasteiger partial charge is 0.307 e. The quantitative estimate of drug-likeness (QED) is 0.668. The number of carbonyl (C=O) groups excluding carboxylic acids is 1. The first-order valence-electron chi connectivity index (χ1n) is 4.88. The predicted octanol–water partition coefficient (Wildman–Crippen LogP) is 0.574. The van der Waals surface area contributed by atoms with E-state index in [1.54, 1.807) is 4.90 Å². The number of likely N-dealkylation sites (tertiary alicyclic amines) is 1. The van der Waals surface area contributed by atoms with E-state index in [0.717, 1.165) is 0 Å². The van der Waals surface area contributed by atoms with Crippen LogP contribution >= 0.6 is 0 Å². The molecule has 0 aromatic rings. The van der Waals surface area contributed by atoms with Gasteiger partial charge in [-0.25, -0.2) is 0 Å². The molecule has 3 atom stereocenters. The Morgan fingerprint density at radius 2 is 2.07 bits per heavy atom. The van der Waals surface area contributed by atoms with E-state index in [4.69, 9.17) is 5.11 Å². The molecule has 2 fully saturated rings. The third-order valence-corrected chi connectivity index (χ3v) is 3.21. The number of nitrogens with zero attached hydrogens (tertiary/aromatic N) is 1. The maximum Gasteiger partial charge on any atom is 0.307 e. The fourth-order valence-electron chi connectivity index (χ4n) is 2.36. The van der Waals surface area contributed by atoms with Gasteiger partial charge in [-0.05, 0) is 20.8 Å². The number of fused-ring (bicyclic) bond motifs is 1. The number of hydrogen-bond acceptors (Lipinski definition) is 2. The molecule has 1 N–H and O–H groups in total. The maximum absolute atomic E-state index is 11.8. The van der Waals surface area contributed by atoms with Crippen LogP contribution in [0.2, 0.25) is 0 Å². The summed E-state index contributed by atoms with van der Waals surface area (Å²) in [6, 6.07) is 0. The van der Waals surface area contributed by atoms with Gasteiger partial charge in [0.15, 0.2) is 0 Å². The molecule has 2 rings (SSSR count). The molecule has 1 saturated carbocycles. The minimum atomic E-state index is -0.818. The Labute approximate surface area is 82.9 Å². The Morgan fingerprint density at radius 3 is 2.36 bits per heavy atom. The fourth-order valence-corrected chi connectivity index (χ4v) is 2.36. The molecule has 4 nitrogen and oxygen atoms in total. The summed E-state index contributed by atoms with van der Waals surface area (Å²) in [4.78, 5) is 24.3. The summed E-state index contributed by atoms with van der Waals surface area (Å²) in [5, 5.41) is 8.80. The zero-order chi connectivity index (χ0) is 10.7. The van der Waals surface area contributed by atoms with E-state index >= 15 is 0 Å². The molecule has 0 radical (unpaired) electrons. The second-order valence-corrected chi connectivity index (χ2v) is 5.17. The second kappa shape index (κ2) is 2.49. The summed E-state index contributed by atoms with van der Waals surface area (Å²) in [6.45, 7) is 6.55. The van der Waals surface area contributed by atoms with Gasteiger partial charge in [0.2, 0.25) is 5.91 Å². The van der Waals surface area contributed by atoms with Gasteiger partial charge >= 0.3 is 5.97 Å². The largest absolute Gasteiger partial charge is 0.481 e. The van der Waals surface area contributed by atoms with Crippen LogP contribution in [0.1, 0.15) is 20.8 Å². The van der Waals surface area contributed by atoms with Crippen LogP contribution in [0.3, 0.4) is 0 Å². The molecule has 2 aliphatic rings. The highest BCUT2D eigenvalue weighted by atomic mass is 16.4. The number of carbonyl (C=O) groups is 2. The highest BCUT2D eigenvalue weighted by Crippen LogP contribution is 2.53. The van der Waals surface area contributed by atoms with Gasteiger partial charge in [0.1, 0.15) is 0 Å². The van der Waals surface area contributed by atoms with Crippen molar-refractivity contribution in [3.8, 4) is 0 Å². The lowest BCUT2D eigenvalue weighted by Crippen LogP contribution is -2.45. The van der Waals surface area contributed by atoms with Gasteiger partial charge in [0.25, 0.3) is 0 Å². The Balaban J connectivity index is 2.10. The number of carboxylic acids is 1. The van der Waals surface area contributed by atoms with Crippen molar-refractivity contribution in [2.45, 2.75) is 26.3 Å². The lowest BCUT2D eigenvalue weighted by atomic mass is 10.1. The summed E-state index contributed by atoms with van der Waals surface area (Å²) in [5.41, 5.74) is -0.173. The Hall–Kier alpha value is -1.06. The molecule has 0 bridgehead atoms. The van der Waals surface area contributed by atoms with Gasteiger partial charge in [-0.15, -0.1) is 0 Å². The van der Waals surface area contributed by atoms with Crippen molar-refractivity contribution in [3.05, 3.63) is 0 Å². The van der Waals surface area contributed by atoms with E-state index < -0.39 is 11.9 Å². The van der Waals surface area contributed by atoms with Crippen LogP contribution in [0.4, 0.5) is 0 Å². The van der Waals surface area contributed by atoms with E-state index in [1.807, 2.05) is 20.8 Å². The average molecular weight is 197 g/mol. The van der Waals surface area contributed by atoms with Crippen molar-refractivity contribution in [3.63, 3.8) is 0 Å². The number of aliphatic carboxylic acids is 1. The topological polar surface area (TPSA) is 57.6 Å². The second-order valence-electron chi connectivity index (χ2n) is 5.17. The summed E-state index contributed by atoms with van der Waals surface area (Å²) in [6.07, 6.45) is 0. The molecule has 1 aliphatic carbocycles. The number of carboxylic acid groups (broad SMARTS) is 1. The Kier molecular flexibility index (Phi) is 1.69. The third-order valence-electron chi connectivity index (χ3n) is 3.21. The number of rotatable bonds is 1. The summed E-state index contributed by atoms with van der Waals surface area (Å²) < 4.78 is 0. The van der Waals surface area contributed by atoms with Gasteiger partial charge in [-0.1, -0.05) is 0 Å². The Morgan fingerprint density at radius 1 is 1.50 bits per heavy atom. The summed E-state index contributed by atoms with van der Waals surface area (Å²) >= 11 is 0. The van der Waals surface area contributed by atoms with Crippen LogP contribution in [-0.2, 0) is 9.59 Å². The minimum Gasteiger partial charge on any atom is -0.481 e. The minimum absolute atomic E-state index is 0.0231. The number of piperidine rings is 1. The van der Waals surface area contributed by atoms with Crippen LogP contribution < -0.4 is 0 Å². The van der Waals surface area contributed by atoms with E-state index in [-0.39, 0.29) is 23.3 Å². The van der Waals surface area contributed by atoms with Gasteiger partial charge in [-0.2, -0.15) is 0 Å². The monoisotopic (exact) mass is 197 g/mol. The first-order chi connectivity index (χ1) is 6.34. The SMILES string of the molecule is CC(C)(C)N1CC2C(C(=O)O)C2C1=O. The van der Waals surface area contributed by atoms with Crippen molar-refractivity contribution in [1.82, 2.24) is 4.90 Å². The zero-order valence-electron chi connectivity index (χ0n) is 8.65. The molecule has 3 unspecified atom stereocenters. The van der Waals surface area contributed by atoms with Crippen LogP contribution in [0.25, 0.3) is 0 Å². The van der Waals surface area contributed by atoms with Crippen molar-refractivity contribution < 1.29 is 14.7 Å². The standard InChI is InChI=1S/C10H15NO3/c1-10(2,3)11-4-5-6(8(11)12)7(5)9(13)14/h5-7H,4H2,1-3H3,(H,13,14). The highest BCUT2D eigenvalue weighted by Gasteiger charge is 2.66. The van der Waals surface area contributed by atoms with Crippen LogP contribution in [-0.4, -0.2) is 34.0 Å². The Bertz CT molecular complexity index is 305. The maximum atomic E-state index is 11.8. The average Bonchev–Trinajstić information content (AvgIpc) is 2.62. The molecule has 1 saturated heterocycles. The molecule has 78 valence electrons. The van der Waals surface area contributed by atoms with E-state index in [0.29, 0.717) is 6.54 Å². The molecule has 0 spiro atoms. The van der Waals surface area contributed by atoms with E-state index in [2.05, 4.69) is 0 Å². The van der Waals surface area contributed by atoms with Gasteiger partial charge < -0.3 is 10.0 Å². The van der Waals surface area contributed by atoms with Crippen molar-refractivity contribution in [2.75, 3.05) is 6.54 Å². The van der Waals surface area contributed by atoms with Crippen LogP contribution in [0.15, 0.2) is 0 Å². The molecule has 1 heterocycles. The molecular weight excluding hydrogens is 182 g/mol. The normalized spacial score (nSPS) is 35.8. The summed E-state index contributed by atoms with van der Waals surface area (Å²) in [7, 11) is 0. The van der Waals surface area contributed by atoms with Gasteiger partial charge in [-0.3, -0.25) is 9.59 Å². The van der Waals surface area contributed by atoms with E-state index in [1.165, 1.54) is 0 Å². The molecular formula is C10H15NO3. The van der Waals surface area contributed by atoms with Crippen LogP contribution in [0, 0.1) is 17.8 Å². The van der Waals surface area contributed by atoms with Crippen molar-refractivity contribution >= 4 is 11.9 Å². The molecule has 0 aromatic carbocycles. The lowest BCUT2D eigenvalue weighted by molar-refractivity contribution is -0.144. The van der Waals surface area contributed by atoms with Crippen molar-refractivity contribution in [1.29, 1.82) is 0 Å². The molecule has 1 aliphatic heterocycles. The predicted molar refractivity (Wildman–Crippen MR) is 49.6 cm³/mol. The molecule has 14 heavy (non-hydrogen) atoms. The fraction of sp³-hybridized carbons (Fsp3) is 0.800. The number of amides is 1. The summed E-state index contributed by atoms with van der Waals surface area (Å²) in [5.74, 6) is -1.36. The molecule has 4 heteroatoms. The molecule has 0 aromatic heterocycles. The first-order valence-corrected chi connectivity index (χ1v) is 4.88. The lowest BCUT2D eigenvalue weighted by Gasteiger charge is -2.33. The van der Waals surface area contributed by atoms with Crippen LogP contribution in [0.5, 0.6) is 0 Å². The van der Waals surface area contributed by atoms with Crippen molar-refractivity contribution in [2.24, 2.45) is 17.8 Å². The van der Waals surface area contributed by atoms with Gasteiger partial charge in [0, 0.05) is 18.0 Å². The number of hydrogen-bond donors (Lipinski definition) is 1. The van der Waals surface area contributed by atoms with E-state index in [9.17, 15) is 9.59 Å². The highest BCUT2D eigenvalue weighted by molar-refractivity contribution is 5.93. The third kappa shape index (κ3) is 1.13. The first kappa shape index (κ1) is 9.49.